The summed E-state index contributed by atoms with van der Waals surface area (Å²) >= 11 is 9.66. The van der Waals surface area contributed by atoms with Gasteiger partial charge < -0.3 is 15.1 Å². The number of rotatable bonds is 3. The van der Waals surface area contributed by atoms with Crippen LogP contribution in [0.4, 0.5) is 5.69 Å². The lowest BCUT2D eigenvalue weighted by atomic mass is 10.2. The first-order valence-electron chi connectivity index (χ1n) is 8.16. The summed E-state index contributed by atoms with van der Waals surface area (Å²) < 4.78 is 2.63. The van der Waals surface area contributed by atoms with E-state index in [2.05, 4.69) is 31.3 Å². The van der Waals surface area contributed by atoms with Crippen LogP contribution in [-0.2, 0) is 18.4 Å². The number of hydrogen-bond donors (Lipinski definition) is 1. The molecule has 0 aliphatic carbocycles. The van der Waals surface area contributed by atoms with E-state index in [1.54, 1.807) is 22.8 Å². The Morgan fingerprint density at radius 1 is 1.42 bits per heavy atom. The van der Waals surface area contributed by atoms with E-state index in [-0.39, 0.29) is 12.5 Å². The lowest BCUT2D eigenvalue weighted by molar-refractivity contribution is -0.120. The molecule has 1 saturated heterocycles. The van der Waals surface area contributed by atoms with E-state index in [9.17, 15) is 4.79 Å². The van der Waals surface area contributed by atoms with Crippen LogP contribution in [0.2, 0.25) is 5.02 Å². The summed E-state index contributed by atoms with van der Waals surface area (Å²) in [4.78, 5) is 20.5. The molecule has 0 spiro atoms. The number of halogens is 2. The number of piperazine rings is 1. The number of carbonyl (C=O) groups is 1. The average molecular weight is 440 g/mol. The Balaban J connectivity index is 1.62. The zero-order chi connectivity index (χ0) is 18.7. The van der Waals surface area contributed by atoms with Crippen molar-refractivity contribution in [3.63, 3.8) is 0 Å². The van der Waals surface area contributed by atoms with E-state index < -0.39 is 0 Å². The number of nitrogens with one attached hydrogen (secondary N) is 1. The molecule has 2 aromatic rings. The molecule has 1 aliphatic rings. The van der Waals surface area contributed by atoms with E-state index in [0.29, 0.717) is 30.6 Å². The second kappa shape index (κ2) is 8.09. The maximum Gasteiger partial charge on any atom is 0.246 e. The van der Waals surface area contributed by atoms with Crippen LogP contribution in [0.25, 0.3) is 0 Å². The van der Waals surface area contributed by atoms with Gasteiger partial charge in [-0.15, -0.1) is 0 Å². The van der Waals surface area contributed by atoms with Gasteiger partial charge in [-0.25, -0.2) is 0 Å². The third-order valence-corrected chi connectivity index (χ3v) is 5.03. The van der Waals surface area contributed by atoms with Gasteiger partial charge in [-0.1, -0.05) is 33.6 Å². The third-order valence-electron chi connectivity index (χ3n) is 4.19. The van der Waals surface area contributed by atoms with E-state index in [0.717, 1.165) is 15.7 Å². The van der Waals surface area contributed by atoms with Gasteiger partial charge in [-0.3, -0.25) is 14.5 Å². The predicted octanol–water partition coefficient (Wildman–Crippen LogP) is 2.26. The van der Waals surface area contributed by atoms with Crippen molar-refractivity contribution in [3.8, 4) is 0 Å². The summed E-state index contributed by atoms with van der Waals surface area (Å²) in [5.74, 6) is 0.706. The summed E-state index contributed by atoms with van der Waals surface area (Å²) in [7, 11) is 3.55. The first kappa shape index (κ1) is 18.7. The van der Waals surface area contributed by atoms with E-state index in [1.165, 1.54) is 0 Å². The SMILES string of the molecule is CN=C(NCc1ccc(Br)cc1Cl)N1CCN(c2cnn(C)c2)C(=O)C1. The molecule has 26 heavy (non-hydrogen) atoms. The summed E-state index contributed by atoms with van der Waals surface area (Å²) in [6.45, 7) is 2.08. The minimum absolute atomic E-state index is 0.0221. The number of anilines is 1. The molecule has 1 aromatic carbocycles. The first-order chi connectivity index (χ1) is 12.5. The molecule has 0 atom stereocenters. The number of aryl methyl sites for hydroxylation is 1. The fraction of sp³-hybridized carbons (Fsp3) is 0.353. The Morgan fingerprint density at radius 3 is 2.85 bits per heavy atom. The zero-order valence-corrected chi connectivity index (χ0v) is 17.0. The average Bonchev–Trinajstić information content (AvgIpc) is 3.03. The number of aliphatic imine (C=N–C) groups is 1. The van der Waals surface area contributed by atoms with Gasteiger partial charge in [0.2, 0.25) is 5.91 Å². The van der Waals surface area contributed by atoms with Crippen molar-refractivity contribution in [2.24, 2.45) is 12.0 Å². The smallest absolute Gasteiger partial charge is 0.246 e. The highest BCUT2D eigenvalue weighted by atomic mass is 79.9. The normalized spacial score (nSPS) is 15.5. The van der Waals surface area contributed by atoms with E-state index in [4.69, 9.17) is 11.6 Å². The Hall–Kier alpha value is -2.06. The maximum atomic E-state index is 12.5. The molecule has 1 aliphatic heterocycles. The maximum absolute atomic E-state index is 12.5. The summed E-state index contributed by atoms with van der Waals surface area (Å²) in [5, 5.41) is 8.10. The monoisotopic (exact) mass is 438 g/mol. The molecule has 0 bridgehead atoms. The van der Waals surface area contributed by atoms with Crippen molar-refractivity contribution in [2.45, 2.75) is 6.54 Å². The molecule has 1 aromatic heterocycles. The van der Waals surface area contributed by atoms with Crippen LogP contribution in [0.1, 0.15) is 5.56 Å². The van der Waals surface area contributed by atoms with Gasteiger partial charge in [-0.2, -0.15) is 5.10 Å². The predicted molar refractivity (Wildman–Crippen MR) is 106 cm³/mol. The van der Waals surface area contributed by atoms with E-state index >= 15 is 0 Å². The van der Waals surface area contributed by atoms with Crippen molar-refractivity contribution < 1.29 is 4.79 Å². The molecule has 7 nitrogen and oxygen atoms in total. The second-order valence-electron chi connectivity index (χ2n) is 5.98. The highest BCUT2D eigenvalue weighted by Crippen LogP contribution is 2.21. The summed E-state index contributed by atoms with van der Waals surface area (Å²) in [5.41, 5.74) is 1.79. The van der Waals surface area contributed by atoms with Crippen LogP contribution >= 0.6 is 27.5 Å². The third kappa shape index (κ3) is 4.19. The lowest BCUT2D eigenvalue weighted by Gasteiger charge is -2.35. The number of guanidine groups is 1. The molecule has 1 amide bonds. The minimum atomic E-state index is 0.0221. The molecule has 3 rings (SSSR count). The van der Waals surface area contributed by atoms with Crippen LogP contribution in [0.15, 0.2) is 40.1 Å². The number of nitrogens with zero attached hydrogens (tertiary/aromatic N) is 5. The Morgan fingerprint density at radius 2 is 2.23 bits per heavy atom. The lowest BCUT2D eigenvalue weighted by Crippen LogP contribution is -2.55. The molecule has 2 heterocycles. The Kier molecular flexibility index (Phi) is 5.83. The van der Waals surface area contributed by atoms with Crippen LogP contribution in [0.3, 0.4) is 0 Å². The topological polar surface area (TPSA) is 65.8 Å². The Labute approximate surface area is 165 Å². The number of hydrogen-bond acceptors (Lipinski definition) is 3. The molecule has 1 fully saturated rings. The fourth-order valence-corrected chi connectivity index (χ4v) is 3.59. The van der Waals surface area contributed by atoms with Crippen molar-refractivity contribution in [1.82, 2.24) is 20.0 Å². The molecule has 0 saturated carbocycles. The van der Waals surface area contributed by atoms with Crippen LogP contribution in [0, 0.1) is 0 Å². The fourth-order valence-electron chi connectivity index (χ4n) is 2.85. The Bertz CT molecular complexity index is 836. The van der Waals surface area contributed by atoms with Gasteiger partial charge >= 0.3 is 0 Å². The zero-order valence-electron chi connectivity index (χ0n) is 14.6. The highest BCUT2D eigenvalue weighted by molar-refractivity contribution is 9.10. The van der Waals surface area contributed by atoms with Crippen molar-refractivity contribution in [3.05, 3.63) is 45.7 Å². The molecular formula is C17H20BrClN6O. The standard InChI is InChI=1S/C17H20BrClN6O/c1-20-17(21-8-12-3-4-13(18)7-15(12)19)24-5-6-25(16(26)11-24)14-9-22-23(2)10-14/h3-4,7,9-10H,5-6,8,11H2,1-2H3,(H,20,21). The molecule has 1 N–H and O–H groups in total. The number of carbonyl (C=O) groups excluding carboxylic acids is 1. The van der Waals surface area contributed by atoms with Gasteiger partial charge in [0.1, 0.15) is 6.54 Å². The van der Waals surface area contributed by atoms with Crippen molar-refractivity contribution in [1.29, 1.82) is 0 Å². The number of amides is 1. The first-order valence-corrected chi connectivity index (χ1v) is 9.33. The molecular weight excluding hydrogens is 420 g/mol. The van der Waals surface area contributed by atoms with Crippen LogP contribution in [-0.4, -0.2) is 53.2 Å². The minimum Gasteiger partial charge on any atom is -0.352 e. The van der Waals surface area contributed by atoms with Gasteiger partial charge in [0.15, 0.2) is 5.96 Å². The number of benzene rings is 1. The van der Waals surface area contributed by atoms with Gasteiger partial charge in [0.05, 0.1) is 11.9 Å². The van der Waals surface area contributed by atoms with Crippen molar-refractivity contribution >= 4 is 45.1 Å². The highest BCUT2D eigenvalue weighted by Gasteiger charge is 2.27. The largest absolute Gasteiger partial charge is 0.352 e. The van der Waals surface area contributed by atoms with E-state index in [1.807, 2.05) is 36.3 Å². The molecule has 9 heteroatoms. The van der Waals surface area contributed by atoms with Gasteiger partial charge in [-0.05, 0) is 17.7 Å². The quantitative estimate of drug-likeness (QED) is 0.588. The van der Waals surface area contributed by atoms with Crippen LogP contribution in [0.5, 0.6) is 0 Å². The van der Waals surface area contributed by atoms with Crippen LogP contribution < -0.4 is 10.2 Å². The number of aromatic nitrogens is 2. The molecule has 0 radical (unpaired) electrons. The second-order valence-corrected chi connectivity index (χ2v) is 7.30. The summed E-state index contributed by atoms with van der Waals surface area (Å²) in [6, 6.07) is 5.76. The summed E-state index contributed by atoms with van der Waals surface area (Å²) in [6.07, 6.45) is 3.55. The van der Waals surface area contributed by atoms with Gasteiger partial charge in [0, 0.05) is 49.4 Å². The molecule has 138 valence electrons. The van der Waals surface area contributed by atoms with Crippen molar-refractivity contribution in [2.75, 3.05) is 31.6 Å². The molecule has 0 unspecified atom stereocenters. The van der Waals surface area contributed by atoms with Gasteiger partial charge in [0.25, 0.3) is 0 Å².